The molecule has 0 bridgehead atoms. The van der Waals surface area contributed by atoms with Gasteiger partial charge in [-0.25, -0.2) is 19.3 Å². The quantitative estimate of drug-likeness (QED) is 0.529. The third-order valence-electron chi connectivity index (χ3n) is 5.29. The van der Waals surface area contributed by atoms with Gasteiger partial charge in [0.25, 0.3) is 0 Å². The number of halogens is 1. The predicted molar refractivity (Wildman–Crippen MR) is 114 cm³/mol. The van der Waals surface area contributed by atoms with Gasteiger partial charge in [-0.1, -0.05) is 0 Å². The van der Waals surface area contributed by atoms with Gasteiger partial charge >= 0.3 is 0 Å². The highest BCUT2D eigenvalue weighted by atomic mass is 32.1. The molecule has 1 aromatic carbocycles. The van der Waals surface area contributed by atoms with E-state index in [0.717, 1.165) is 53.5 Å². The first kappa shape index (κ1) is 18.2. The molecule has 1 saturated heterocycles. The Labute approximate surface area is 171 Å². The van der Waals surface area contributed by atoms with E-state index in [4.69, 9.17) is 9.97 Å². The van der Waals surface area contributed by atoms with Gasteiger partial charge in [0, 0.05) is 35.4 Å². The summed E-state index contributed by atoms with van der Waals surface area (Å²) in [5.41, 5.74) is 3.22. The molecule has 1 aliphatic rings. The third kappa shape index (κ3) is 3.49. The van der Waals surface area contributed by atoms with Crippen molar-refractivity contribution in [3.8, 4) is 22.6 Å². The Morgan fingerprint density at radius 1 is 1.21 bits per heavy atom. The average Bonchev–Trinajstić information content (AvgIpc) is 3.30. The molecule has 148 valence electrons. The fourth-order valence-electron chi connectivity index (χ4n) is 3.82. The summed E-state index contributed by atoms with van der Waals surface area (Å²) in [6.07, 6.45) is 5.94. The number of nitrogens with zero attached hydrogens (tertiary/aromatic N) is 4. The van der Waals surface area contributed by atoms with Crippen molar-refractivity contribution in [3.63, 3.8) is 0 Å². The van der Waals surface area contributed by atoms with Crippen LogP contribution in [0.25, 0.3) is 27.6 Å². The van der Waals surface area contributed by atoms with Crippen molar-refractivity contribution in [3.05, 3.63) is 53.9 Å². The van der Waals surface area contributed by atoms with Crippen LogP contribution in [0.4, 0.5) is 10.3 Å². The molecule has 0 unspecified atom stereocenters. The highest BCUT2D eigenvalue weighted by Crippen LogP contribution is 2.34. The van der Waals surface area contributed by atoms with Gasteiger partial charge in [-0.3, -0.25) is 4.40 Å². The van der Waals surface area contributed by atoms with E-state index in [2.05, 4.69) is 22.5 Å². The molecule has 4 aromatic rings. The first-order chi connectivity index (χ1) is 14.1. The van der Waals surface area contributed by atoms with E-state index in [1.54, 1.807) is 29.7 Å². The summed E-state index contributed by atoms with van der Waals surface area (Å²) < 4.78 is 15.5. The summed E-state index contributed by atoms with van der Waals surface area (Å²) in [4.78, 5) is 14.9. The van der Waals surface area contributed by atoms with E-state index in [1.807, 2.05) is 22.0 Å². The monoisotopic (exact) mass is 408 g/mol. The SMILES string of the molecule is C[C@]1(Nc2nccc(-c3c(-c4ccc(F)cc4)nc4sccn34)n2)CCCNC1. The minimum atomic E-state index is -0.265. The standard InChI is InChI=1S/C21H21FN6S/c1-21(8-2-9-23-13-21)27-19-24-10-7-16(25-19)18-17(14-3-5-15(22)6-4-14)26-20-28(18)11-12-29-20/h3-7,10-12,23H,2,8-9,13H2,1H3,(H,24,25,27)/t21-/m0/s1. The topological polar surface area (TPSA) is 67.1 Å². The lowest BCUT2D eigenvalue weighted by molar-refractivity contribution is 0.367. The number of nitrogens with one attached hydrogen (secondary N) is 2. The molecular weight excluding hydrogens is 387 g/mol. The number of fused-ring (bicyclic) bond motifs is 1. The maximum atomic E-state index is 13.4. The Morgan fingerprint density at radius 2 is 2.07 bits per heavy atom. The van der Waals surface area contributed by atoms with Crippen LogP contribution < -0.4 is 10.6 Å². The van der Waals surface area contributed by atoms with E-state index < -0.39 is 0 Å². The van der Waals surface area contributed by atoms with Crippen LogP contribution in [-0.2, 0) is 0 Å². The predicted octanol–water partition coefficient (Wildman–Crippen LogP) is 4.21. The smallest absolute Gasteiger partial charge is 0.223 e. The van der Waals surface area contributed by atoms with Crippen LogP contribution in [0.1, 0.15) is 19.8 Å². The van der Waals surface area contributed by atoms with E-state index in [0.29, 0.717) is 5.95 Å². The average molecular weight is 409 g/mol. The van der Waals surface area contributed by atoms with Crippen LogP contribution >= 0.6 is 11.3 Å². The Morgan fingerprint density at radius 3 is 2.86 bits per heavy atom. The second-order valence-corrected chi connectivity index (χ2v) is 8.48. The van der Waals surface area contributed by atoms with Crippen LogP contribution in [-0.4, -0.2) is 38.0 Å². The van der Waals surface area contributed by atoms with Crippen LogP contribution in [0.3, 0.4) is 0 Å². The zero-order chi connectivity index (χ0) is 19.8. The van der Waals surface area contributed by atoms with Crippen molar-refractivity contribution in [2.75, 3.05) is 18.4 Å². The fourth-order valence-corrected chi connectivity index (χ4v) is 4.54. The summed E-state index contributed by atoms with van der Waals surface area (Å²) in [5.74, 6) is 0.336. The van der Waals surface area contributed by atoms with Crippen LogP contribution in [0.5, 0.6) is 0 Å². The van der Waals surface area contributed by atoms with Crippen molar-refractivity contribution >= 4 is 22.2 Å². The minimum Gasteiger partial charge on any atom is -0.348 e. The van der Waals surface area contributed by atoms with Gasteiger partial charge in [-0.15, -0.1) is 11.3 Å². The number of benzene rings is 1. The molecule has 1 atom stereocenters. The summed E-state index contributed by atoms with van der Waals surface area (Å²) in [7, 11) is 0. The molecule has 0 saturated carbocycles. The van der Waals surface area contributed by atoms with E-state index in [1.165, 1.54) is 12.1 Å². The van der Waals surface area contributed by atoms with Crippen molar-refractivity contribution in [2.24, 2.45) is 0 Å². The largest absolute Gasteiger partial charge is 0.348 e. The van der Waals surface area contributed by atoms with Gasteiger partial charge in [-0.2, -0.15) is 0 Å². The molecule has 1 fully saturated rings. The molecule has 29 heavy (non-hydrogen) atoms. The van der Waals surface area contributed by atoms with Gasteiger partial charge in [0.05, 0.1) is 11.4 Å². The second-order valence-electron chi connectivity index (χ2n) is 7.60. The molecule has 0 amide bonds. The highest BCUT2D eigenvalue weighted by molar-refractivity contribution is 7.15. The van der Waals surface area contributed by atoms with Gasteiger partial charge in [-0.05, 0) is 56.6 Å². The Hall–Kier alpha value is -2.84. The summed E-state index contributed by atoms with van der Waals surface area (Å²) >= 11 is 1.56. The third-order valence-corrected chi connectivity index (χ3v) is 6.05. The molecule has 6 nitrogen and oxygen atoms in total. The Bertz CT molecular complexity index is 1140. The number of anilines is 1. The number of aromatic nitrogens is 4. The molecular formula is C21H21FN6S. The maximum Gasteiger partial charge on any atom is 0.223 e. The first-order valence-electron chi connectivity index (χ1n) is 9.65. The number of hydrogen-bond acceptors (Lipinski definition) is 6. The molecule has 8 heteroatoms. The Kier molecular flexibility index (Phi) is 4.52. The zero-order valence-corrected chi connectivity index (χ0v) is 16.8. The van der Waals surface area contributed by atoms with E-state index in [-0.39, 0.29) is 11.4 Å². The van der Waals surface area contributed by atoms with E-state index >= 15 is 0 Å². The summed E-state index contributed by atoms with van der Waals surface area (Å²) in [6, 6.07) is 8.30. The number of thiazole rings is 1. The molecule has 1 aliphatic heterocycles. The fraction of sp³-hybridized carbons (Fsp3) is 0.286. The van der Waals surface area contributed by atoms with Crippen LogP contribution in [0.2, 0.25) is 0 Å². The van der Waals surface area contributed by atoms with Crippen LogP contribution in [0, 0.1) is 5.82 Å². The normalized spacial score (nSPS) is 19.5. The van der Waals surface area contributed by atoms with Gasteiger partial charge < -0.3 is 10.6 Å². The number of hydrogen-bond donors (Lipinski definition) is 2. The maximum absolute atomic E-state index is 13.4. The van der Waals surface area contributed by atoms with Crippen molar-refractivity contribution in [1.82, 2.24) is 24.7 Å². The minimum absolute atomic E-state index is 0.0776. The van der Waals surface area contributed by atoms with Crippen molar-refractivity contribution in [1.29, 1.82) is 0 Å². The molecule has 2 N–H and O–H groups in total. The lowest BCUT2D eigenvalue weighted by Gasteiger charge is -2.35. The van der Waals surface area contributed by atoms with Crippen molar-refractivity contribution in [2.45, 2.75) is 25.3 Å². The first-order valence-corrected chi connectivity index (χ1v) is 10.5. The highest BCUT2D eigenvalue weighted by Gasteiger charge is 2.27. The lowest BCUT2D eigenvalue weighted by Crippen LogP contribution is -2.49. The number of rotatable bonds is 4. The van der Waals surface area contributed by atoms with Gasteiger partial charge in [0.1, 0.15) is 11.5 Å². The lowest BCUT2D eigenvalue weighted by atomic mass is 9.93. The summed E-state index contributed by atoms with van der Waals surface area (Å²) in [5, 5.41) is 8.93. The molecule has 3 aromatic heterocycles. The van der Waals surface area contributed by atoms with Crippen LogP contribution in [0.15, 0.2) is 48.1 Å². The summed E-state index contributed by atoms with van der Waals surface area (Å²) in [6.45, 7) is 4.11. The molecule has 4 heterocycles. The van der Waals surface area contributed by atoms with Crippen molar-refractivity contribution < 1.29 is 4.39 Å². The van der Waals surface area contributed by atoms with Gasteiger partial charge in [0.2, 0.25) is 5.95 Å². The molecule has 0 aliphatic carbocycles. The number of piperidine rings is 1. The molecule has 0 radical (unpaired) electrons. The zero-order valence-electron chi connectivity index (χ0n) is 16.0. The van der Waals surface area contributed by atoms with E-state index in [9.17, 15) is 4.39 Å². The second kappa shape index (κ2) is 7.20. The van der Waals surface area contributed by atoms with Gasteiger partial charge in [0.15, 0.2) is 4.96 Å². The molecule has 5 rings (SSSR count). The Balaban J connectivity index is 1.58. The number of imidazole rings is 1. The molecule has 0 spiro atoms.